The number of nitrogens with zero attached hydrogens (tertiary/aromatic N) is 1. The maximum absolute atomic E-state index is 6.26. The Bertz CT molecular complexity index is 712. The van der Waals surface area contributed by atoms with Gasteiger partial charge < -0.3 is 5.32 Å². The van der Waals surface area contributed by atoms with Crippen molar-refractivity contribution in [2.24, 2.45) is 0 Å². The van der Waals surface area contributed by atoms with Crippen molar-refractivity contribution in [3.63, 3.8) is 0 Å². The van der Waals surface area contributed by atoms with Gasteiger partial charge in [-0.1, -0.05) is 41.4 Å². The number of hydrogen-bond donors (Lipinski definition) is 1. The minimum absolute atomic E-state index is 0.175. The van der Waals surface area contributed by atoms with Crippen LogP contribution in [0.3, 0.4) is 0 Å². The van der Waals surface area contributed by atoms with E-state index in [4.69, 9.17) is 23.2 Å². The number of thiazole rings is 1. The molecule has 22 heavy (non-hydrogen) atoms. The highest BCUT2D eigenvalue weighted by Gasteiger charge is 2.16. The summed E-state index contributed by atoms with van der Waals surface area (Å²) in [5.74, 6) is 0. The van der Waals surface area contributed by atoms with E-state index in [1.54, 1.807) is 28.7 Å². The van der Waals surface area contributed by atoms with E-state index in [9.17, 15) is 0 Å². The fourth-order valence-electron chi connectivity index (χ4n) is 2.20. The van der Waals surface area contributed by atoms with Gasteiger partial charge in [-0.2, -0.15) is 0 Å². The zero-order valence-electron chi connectivity index (χ0n) is 11.6. The van der Waals surface area contributed by atoms with Crippen LogP contribution >= 0.6 is 45.9 Å². The lowest BCUT2D eigenvalue weighted by Gasteiger charge is -2.16. The average Bonchev–Trinajstić information content (AvgIpc) is 3.20. The summed E-state index contributed by atoms with van der Waals surface area (Å²) in [4.78, 5) is 5.79. The van der Waals surface area contributed by atoms with Crippen molar-refractivity contribution in [3.05, 3.63) is 72.8 Å². The first-order valence-corrected chi connectivity index (χ1v) is 9.33. The molecular weight excluding hydrogens is 355 g/mol. The third kappa shape index (κ3) is 3.89. The molecule has 0 amide bonds. The van der Waals surface area contributed by atoms with Crippen LogP contribution in [0.2, 0.25) is 10.0 Å². The first-order valence-electron chi connectivity index (χ1n) is 6.82. The summed E-state index contributed by atoms with van der Waals surface area (Å²) < 4.78 is 0. The van der Waals surface area contributed by atoms with Crippen LogP contribution in [0.4, 0.5) is 0 Å². The highest BCUT2D eigenvalue weighted by atomic mass is 35.5. The summed E-state index contributed by atoms with van der Waals surface area (Å²) in [6, 6.07) is 10.1. The van der Waals surface area contributed by atoms with Crippen molar-refractivity contribution < 1.29 is 0 Å². The molecule has 1 N–H and O–H groups in total. The van der Waals surface area contributed by atoms with Crippen LogP contribution in [0.5, 0.6) is 0 Å². The zero-order valence-corrected chi connectivity index (χ0v) is 14.8. The van der Waals surface area contributed by atoms with Crippen LogP contribution in [0.1, 0.15) is 21.5 Å². The van der Waals surface area contributed by atoms with Gasteiger partial charge in [-0.3, -0.25) is 0 Å². The van der Waals surface area contributed by atoms with Gasteiger partial charge in [0.1, 0.15) is 5.01 Å². The molecule has 0 saturated carbocycles. The van der Waals surface area contributed by atoms with Gasteiger partial charge in [0, 0.05) is 29.4 Å². The summed E-state index contributed by atoms with van der Waals surface area (Å²) in [5.41, 5.74) is 1.00. The lowest BCUT2D eigenvalue weighted by molar-refractivity contribution is 0.531. The van der Waals surface area contributed by atoms with Crippen LogP contribution in [0.15, 0.2) is 47.3 Å². The molecule has 0 unspecified atom stereocenters. The second-order valence-electron chi connectivity index (χ2n) is 4.80. The van der Waals surface area contributed by atoms with Gasteiger partial charge in [-0.15, -0.1) is 22.7 Å². The molecule has 2 aromatic heterocycles. The predicted molar refractivity (Wildman–Crippen MR) is 96.2 cm³/mol. The van der Waals surface area contributed by atoms with Crippen molar-refractivity contribution in [2.75, 3.05) is 0 Å². The third-order valence-corrected chi connectivity index (χ3v) is 5.95. The number of halogens is 2. The Hall–Kier alpha value is -0.910. The van der Waals surface area contributed by atoms with Crippen LogP contribution in [0.25, 0.3) is 0 Å². The van der Waals surface area contributed by atoms with Crippen molar-refractivity contribution in [1.82, 2.24) is 10.3 Å². The van der Waals surface area contributed by atoms with E-state index in [1.165, 1.54) is 4.88 Å². The number of aromatic nitrogens is 1. The van der Waals surface area contributed by atoms with Gasteiger partial charge in [-0.25, -0.2) is 4.98 Å². The maximum Gasteiger partial charge on any atom is 0.110 e. The molecule has 0 saturated heterocycles. The highest BCUT2D eigenvalue weighted by Crippen LogP contribution is 2.27. The molecule has 2 nitrogen and oxygen atoms in total. The van der Waals surface area contributed by atoms with Crippen molar-refractivity contribution in [3.8, 4) is 0 Å². The fraction of sp³-hybridized carbons (Fsp3) is 0.188. The Balaban J connectivity index is 1.74. The van der Waals surface area contributed by atoms with E-state index in [0.717, 1.165) is 17.0 Å². The second kappa shape index (κ2) is 7.57. The Kier molecular flexibility index (Phi) is 5.50. The minimum atomic E-state index is 0.175. The first-order chi connectivity index (χ1) is 10.7. The topological polar surface area (TPSA) is 24.9 Å². The summed E-state index contributed by atoms with van der Waals surface area (Å²) in [7, 11) is 0. The molecule has 2 heterocycles. The van der Waals surface area contributed by atoms with Gasteiger partial charge >= 0.3 is 0 Å². The number of nitrogens with one attached hydrogen (secondary N) is 1. The molecular formula is C16H14Cl2N2S2. The summed E-state index contributed by atoms with van der Waals surface area (Å²) in [6.45, 7) is 0.662. The maximum atomic E-state index is 6.26. The molecule has 3 aromatic rings. The number of hydrogen-bond acceptors (Lipinski definition) is 4. The van der Waals surface area contributed by atoms with E-state index >= 15 is 0 Å². The molecule has 0 aliphatic rings. The molecule has 1 aromatic carbocycles. The number of rotatable bonds is 6. The molecule has 0 aliphatic heterocycles. The standard InChI is InChI=1S/C16H14Cl2N2S2/c17-13-5-1-3-11(15(13)18)10-20-14(16-19-6-8-22-16)9-12-4-2-7-21-12/h1-8,14,20H,9-10H2/t14-/m0/s1. The minimum Gasteiger partial charge on any atom is -0.303 e. The molecule has 6 heteroatoms. The zero-order chi connectivity index (χ0) is 15.4. The first kappa shape index (κ1) is 16.0. The second-order valence-corrected chi connectivity index (χ2v) is 7.54. The largest absolute Gasteiger partial charge is 0.303 e. The molecule has 0 fully saturated rings. The van der Waals surface area contributed by atoms with Crippen molar-refractivity contribution >= 4 is 45.9 Å². The molecule has 0 aliphatic carbocycles. The van der Waals surface area contributed by atoms with E-state index in [2.05, 4.69) is 27.8 Å². The summed E-state index contributed by atoms with van der Waals surface area (Å²) in [5, 5.41) is 9.95. The smallest absolute Gasteiger partial charge is 0.110 e. The highest BCUT2D eigenvalue weighted by molar-refractivity contribution is 7.10. The van der Waals surface area contributed by atoms with Crippen LogP contribution in [-0.2, 0) is 13.0 Å². The Morgan fingerprint density at radius 2 is 2.00 bits per heavy atom. The lowest BCUT2D eigenvalue weighted by Crippen LogP contribution is -2.22. The molecule has 0 radical (unpaired) electrons. The normalized spacial score (nSPS) is 12.5. The number of benzene rings is 1. The predicted octanol–water partition coefficient (Wildman–Crippen LogP) is 5.59. The third-order valence-electron chi connectivity index (χ3n) is 3.31. The van der Waals surface area contributed by atoms with Gasteiger partial charge in [0.2, 0.25) is 0 Å². The fourth-order valence-corrected chi connectivity index (χ4v) is 4.05. The molecule has 0 spiro atoms. The van der Waals surface area contributed by atoms with Gasteiger partial charge in [0.15, 0.2) is 0 Å². The van der Waals surface area contributed by atoms with E-state index in [-0.39, 0.29) is 6.04 Å². The SMILES string of the molecule is Clc1cccc(CN[C@@H](Cc2cccs2)c2nccs2)c1Cl. The lowest BCUT2D eigenvalue weighted by atomic mass is 10.1. The quantitative estimate of drug-likeness (QED) is 0.613. The van der Waals surface area contributed by atoms with Crippen LogP contribution in [-0.4, -0.2) is 4.98 Å². The van der Waals surface area contributed by atoms with Gasteiger partial charge in [0.05, 0.1) is 16.1 Å². The Morgan fingerprint density at radius 1 is 1.09 bits per heavy atom. The summed E-state index contributed by atoms with van der Waals surface area (Å²) in [6.07, 6.45) is 2.76. The van der Waals surface area contributed by atoms with Gasteiger partial charge in [0.25, 0.3) is 0 Å². The Morgan fingerprint density at radius 3 is 2.73 bits per heavy atom. The van der Waals surface area contributed by atoms with Gasteiger partial charge in [-0.05, 0) is 23.1 Å². The molecule has 3 rings (SSSR count). The molecule has 1 atom stereocenters. The molecule has 114 valence electrons. The van der Waals surface area contributed by atoms with E-state index in [1.807, 2.05) is 23.7 Å². The molecule has 0 bridgehead atoms. The van der Waals surface area contributed by atoms with E-state index < -0.39 is 0 Å². The van der Waals surface area contributed by atoms with Crippen LogP contribution < -0.4 is 5.32 Å². The van der Waals surface area contributed by atoms with Crippen LogP contribution in [0, 0.1) is 0 Å². The van der Waals surface area contributed by atoms with Crippen molar-refractivity contribution in [1.29, 1.82) is 0 Å². The van der Waals surface area contributed by atoms with E-state index in [0.29, 0.717) is 16.6 Å². The monoisotopic (exact) mass is 368 g/mol. The summed E-state index contributed by atoms with van der Waals surface area (Å²) >= 11 is 15.8. The number of thiophene rings is 1. The van der Waals surface area contributed by atoms with Crippen molar-refractivity contribution in [2.45, 2.75) is 19.0 Å². The average molecular weight is 369 g/mol. The Labute approximate surface area is 147 Å².